The normalized spacial score (nSPS) is 10.4. The van der Waals surface area contributed by atoms with E-state index in [1.807, 2.05) is 0 Å². The second-order valence-corrected chi connectivity index (χ2v) is 4.78. The lowest BCUT2D eigenvalue weighted by Gasteiger charge is -2.11. The van der Waals surface area contributed by atoms with Gasteiger partial charge in [-0.25, -0.2) is 4.98 Å². The van der Waals surface area contributed by atoms with Crippen molar-refractivity contribution in [3.63, 3.8) is 0 Å². The number of rotatable bonds is 4. The minimum Gasteiger partial charge on any atom is -0.468 e. The Labute approximate surface area is 124 Å². The summed E-state index contributed by atoms with van der Waals surface area (Å²) in [5, 5.41) is 11.3. The molecule has 0 fully saturated rings. The number of ether oxygens (including phenoxy) is 1. The second kappa shape index (κ2) is 5.92. The van der Waals surface area contributed by atoms with Crippen LogP contribution in [-0.2, 0) is 6.54 Å². The molecule has 0 aliphatic heterocycles. The van der Waals surface area contributed by atoms with Crippen LogP contribution in [0.5, 0.6) is 6.01 Å². The molecule has 0 bridgehead atoms. The zero-order valence-electron chi connectivity index (χ0n) is 11.4. The monoisotopic (exact) mass is 309 g/mol. The molecule has 21 heavy (non-hydrogen) atoms. The van der Waals surface area contributed by atoms with Gasteiger partial charge in [-0.15, -0.1) is 0 Å². The lowest BCUT2D eigenvalue weighted by molar-refractivity contribution is -0.385. The number of nitro groups is 1. The van der Waals surface area contributed by atoms with Crippen LogP contribution >= 0.6 is 11.6 Å². The van der Waals surface area contributed by atoms with E-state index in [0.717, 1.165) is 0 Å². The topological polar surface area (TPSA) is 87.3 Å². The third kappa shape index (κ3) is 3.19. The van der Waals surface area contributed by atoms with E-state index in [2.05, 4.69) is 4.98 Å². The smallest absolute Gasteiger partial charge is 0.299 e. The second-order valence-electron chi connectivity index (χ2n) is 4.34. The number of hydrogen-bond acceptors (Lipinski definition) is 5. The summed E-state index contributed by atoms with van der Waals surface area (Å²) in [6.07, 6.45) is 0. The van der Waals surface area contributed by atoms with Gasteiger partial charge in [-0.3, -0.25) is 19.5 Å². The molecule has 0 saturated carbocycles. The van der Waals surface area contributed by atoms with E-state index in [0.29, 0.717) is 11.3 Å². The standard InChI is InChI=1S/C13H12ClN3O4/c1-8-5-12(18)16(13(15-8)21-2)7-9-3-4-10(14)6-11(9)17(19)20/h3-6H,7H2,1-2H3. The predicted octanol–water partition coefficient (Wildman–Crippen LogP) is 2.17. The highest BCUT2D eigenvalue weighted by atomic mass is 35.5. The average Bonchev–Trinajstić information content (AvgIpc) is 2.42. The molecule has 1 heterocycles. The molecular weight excluding hydrogens is 298 g/mol. The van der Waals surface area contributed by atoms with Crippen molar-refractivity contribution in [2.24, 2.45) is 0 Å². The first-order valence-corrected chi connectivity index (χ1v) is 6.35. The van der Waals surface area contributed by atoms with Gasteiger partial charge in [-0.05, 0) is 19.1 Å². The zero-order valence-corrected chi connectivity index (χ0v) is 12.1. The van der Waals surface area contributed by atoms with E-state index in [4.69, 9.17) is 16.3 Å². The van der Waals surface area contributed by atoms with Crippen molar-refractivity contribution in [2.75, 3.05) is 7.11 Å². The van der Waals surface area contributed by atoms with Crippen molar-refractivity contribution in [2.45, 2.75) is 13.5 Å². The van der Waals surface area contributed by atoms with Crippen LogP contribution in [0.4, 0.5) is 5.69 Å². The molecule has 1 aromatic carbocycles. The summed E-state index contributed by atoms with van der Waals surface area (Å²) in [6.45, 7) is 1.64. The van der Waals surface area contributed by atoms with Crippen LogP contribution in [0, 0.1) is 17.0 Å². The van der Waals surface area contributed by atoms with Gasteiger partial charge in [0.15, 0.2) is 0 Å². The molecule has 0 spiro atoms. The maximum absolute atomic E-state index is 12.0. The van der Waals surface area contributed by atoms with Gasteiger partial charge in [-0.2, -0.15) is 0 Å². The fourth-order valence-electron chi connectivity index (χ4n) is 1.91. The number of nitro benzene ring substituents is 1. The molecule has 0 radical (unpaired) electrons. The number of halogens is 1. The van der Waals surface area contributed by atoms with Crippen molar-refractivity contribution in [3.8, 4) is 6.01 Å². The maximum Gasteiger partial charge on any atom is 0.299 e. The van der Waals surface area contributed by atoms with Crippen molar-refractivity contribution >= 4 is 17.3 Å². The molecule has 110 valence electrons. The summed E-state index contributed by atoms with van der Waals surface area (Å²) >= 11 is 5.76. The zero-order chi connectivity index (χ0) is 15.6. The Hall–Kier alpha value is -2.41. The van der Waals surface area contributed by atoms with Gasteiger partial charge >= 0.3 is 0 Å². The van der Waals surface area contributed by atoms with Crippen LogP contribution in [0.15, 0.2) is 29.1 Å². The molecule has 7 nitrogen and oxygen atoms in total. The average molecular weight is 310 g/mol. The Morgan fingerprint density at radius 2 is 2.14 bits per heavy atom. The van der Waals surface area contributed by atoms with Crippen LogP contribution in [0.2, 0.25) is 5.02 Å². The fraction of sp³-hybridized carbons (Fsp3) is 0.231. The van der Waals surface area contributed by atoms with Crippen LogP contribution < -0.4 is 10.3 Å². The van der Waals surface area contributed by atoms with Gasteiger partial charge in [0.05, 0.1) is 18.6 Å². The highest BCUT2D eigenvalue weighted by Crippen LogP contribution is 2.24. The molecule has 0 N–H and O–H groups in total. The first kappa shape index (κ1) is 15.0. The molecule has 0 amide bonds. The first-order valence-electron chi connectivity index (χ1n) is 5.97. The Morgan fingerprint density at radius 1 is 1.43 bits per heavy atom. The highest BCUT2D eigenvalue weighted by molar-refractivity contribution is 6.30. The van der Waals surface area contributed by atoms with E-state index in [9.17, 15) is 14.9 Å². The lowest BCUT2D eigenvalue weighted by atomic mass is 10.2. The summed E-state index contributed by atoms with van der Waals surface area (Å²) in [7, 11) is 1.38. The molecule has 0 aliphatic rings. The predicted molar refractivity (Wildman–Crippen MR) is 77.0 cm³/mol. The van der Waals surface area contributed by atoms with Gasteiger partial charge in [0.1, 0.15) is 0 Å². The molecule has 0 unspecified atom stereocenters. The quantitative estimate of drug-likeness (QED) is 0.638. The van der Waals surface area contributed by atoms with E-state index < -0.39 is 4.92 Å². The highest BCUT2D eigenvalue weighted by Gasteiger charge is 2.17. The van der Waals surface area contributed by atoms with Crippen molar-refractivity contribution in [1.29, 1.82) is 0 Å². The van der Waals surface area contributed by atoms with Crippen LogP contribution in [0.25, 0.3) is 0 Å². The summed E-state index contributed by atoms with van der Waals surface area (Å²) in [6, 6.07) is 5.72. The number of hydrogen-bond donors (Lipinski definition) is 0. The van der Waals surface area contributed by atoms with Crippen LogP contribution in [0.3, 0.4) is 0 Å². The lowest BCUT2D eigenvalue weighted by Crippen LogP contribution is -2.23. The number of aromatic nitrogens is 2. The number of nitrogens with zero attached hydrogens (tertiary/aromatic N) is 3. The molecule has 2 aromatic rings. The Kier molecular flexibility index (Phi) is 4.23. The summed E-state index contributed by atoms with van der Waals surface area (Å²) in [5.74, 6) is 0. The van der Waals surface area contributed by atoms with E-state index in [1.165, 1.54) is 35.9 Å². The van der Waals surface area contributed by atoms with Gasteiger partial charge in [0.25, 0.3) is 17.3 Å². The summed E-state index contributed by atoms with van der Waals surface area (Å²) < 4.78 is 6.28. The van der Waals surface area contributed by atoms with E-state index in [1.54, 1.807) is 6.92 Å². The number of methoxy groups -OCH3 is 1. The number of aryl methyl sites for hydroxylation is 1. The van der Waals surface area contributed by atoms with Gasteiger partial charge < -0.3 is 4.74 Å². The minimum absolute atomic E-state index is 0.0250. The third-order valence-electron chi connectivity index (χ3n) is 2.86. The van der Waals surface area contributed by atoms with Gasteiger partial charge in [0, 0.05) is 28.4 Å². The number of benzene rings is 1. The van der Waals surface area contributed by atoms with E-state index >= 15 is 0 Å². The van der Waals surface area contributed by atoms with Crippen LogP contribution in [0.1, 0.15) is 11.3 Å². The minimum atomic E-state index is -0.541. The molecule has 1 aromatic heterocycles. The maximum atomic E-state index is 12.0. The Balaban J connectivity index is 2.53. The molecular formula is C13H12ClN3O4. The molecule has 0 atom stereocenters. The Bertz CT molecular complexity index is 758. The summed E-state index contributed by atoms with van der Waals surface area (Å²) in [5.41, 5.74) is 0.356. The Morgan fingerprint density at radius 3 is 2.76 bits per heavy atom. The SMILES string of the molecule is COc1nc(C)cc(=O)n1Cc1ccc(Cl)cc1[N+](=O)[O-]. The largest absolute Gasteiger partial charge is 0.468 e. The molecule has 0 saturated heterocycles. The molecule has 0 aliphatic carbocycles. The molecule has 8 heteroatoms. The van der Waals surface area contributed by atoms with E-state index in [-0.39, 0.29) is 28.8 Å². The van der Waals surface area contributed by atoms with Gasteiger partial charge in [0.2, 0.25) is 0 Å². The molecule has 2 rings (SSSR count). The van der Waals surface area contributed by atoms with Crippen LogP contribution in [-0.4, -0.2) is 21.6 Å². The van der Waals surface area contributed by atoms with Gasteiger partial charge in [-0.1, -0.05) is 11.6 Å². The fourth-order valence-corrected chi connectivity index (χ4v) is 2.07. The first-order chi connectivity index (χ1) is 9.92. The van der Waals surface area contributed by atoms with Crippen molar-refractivity contribution in [3.05, 3.63) is 61.0 Å². The van der Waals surface area contributed by atoms with Crippen molar-refractivity contribution in [1.82, 2.24) is 9.55 Å². The summed E-state index contributed by atoms with van der Waals surface area (Å²) in [4.78, 5) is 26.6. The third-order valence-corrected chi connectivity index (χ3v) is 3.09. The van der Waals surface area contributed by atoms with Crippen molar-refractivity contribution < 1.29 is 9.66 Å².